The van der Waals surface area contributed by atoms with Crippen LogP contribution in [-0.4, -0.2) is 22.2 Å². The Labute approximate surface area is 125 Å². The highest BCUT2D eigenvalue weighted by molar-refractivity contribution is 5.78. The zero-order valence-electron chi connectivity index (χ0n) is 12.0. The van der Waals surface area contributed by atoms with E-state index in [1.807, 2.05) is 31.2 Å². The van der Waals surface area contributed by atoms with Gasteiger partial charge in [-0.1, -0.05) is 29.8 Å². The van der Waals surface area contributed by atoms with Gasteiger partial charge in [0.25, 0.3) is 0 Å². The summed E-state index contributed by atoms with van der Waals surface area (Å²) in [6, 6.07) is 8.50. The highest BCUT2D eigenvalue weighted by Crippen LogP contribution is 2.27. The van der Waals surface area contributed by atoms with E-state index in [0.717, 1.165) is 21.9 Å². The van der Waals surface area contributed by atoms with Crippen LogP contribution in [0.4, 0.5) is 13.2 Å². The molecule has 0 saturated heterocycles. The number of hydrogen-bond donors (Lipinski definition) is 1. The normalized spacial score (nSPS) is 11.5. The number of halogens is 3. The lowest BCUT2D eigenvalue weighted by Crippen LogP contribution is -2.28. The van der Waals surface area contributed by atoms with Crippen LogP contribution in [0, 0.1) is 6.92 Å². The molecule has 0 aliphatic rings. The second-order valence-electron chi connectivity index (χ2n) is 4.98. The molecule has 0 radical (unpaired) electrons. The van der Waals surface area contributed by atoms with Gasteiger partial charge < -0.3 is 5.32 Å². The minimum Gasteiger partial charge on any atom is -0.354 e. The maximum absolute atomic E-state index is 12.4. The summed E-state index contributed by atoms with van der Waals surface area (Å²) in [5.41, 5.74) is 1.04. The largest absolute Gasteiger partial charge is 0.435 e. The van der Waals surface area contributed by atoms with Crippen molar-refractivity contribution in [3.63, 3.8) is 0 Å². The van der Waals surface area contributed by atoms with Crippen LogP contribution in [0.2, 0.25) is 0 Å². The standard InChI is InChI=1S/C15H16F3N3O/c1-11-3-2-4-12(9-11)10-14(22)19-6-8-21-7-5-13(20-21)15(16,17)18/h2-5,7,9H,6,8,10H2,1H3,(H,19,22). The molecule has 1 N–H and O–H groups in total. The summed E-state index contributed by atoms with van der Waals surface area (Å²) in [6.07, 6.45) is -2.95. The topological polar surface area (TPSA) is 46.9 Å². The van der Waals surface area contributed by atoms with Crippen molar-refractivity contribution in [2.24, 2.45) is 0 Å². The van der Waals surface area contributed by atoms with Crippen molar-refractivity contribution in [1.82, 2.24) is 15.1 Å². The van der Waals surface area contributed by atoms with Crippen molar-refractivity contribution in [1.29, 1.82) is 0 Å². The van der Waals surface area contributed by atoms with Crippen molar-refractivity contribution < 1.29 is 18.0 Å². The third-order valence-electron chi connectivity index (χ3n) is 3.04. The van der Waals surface area contributed by atoms with Crippen molar-refractivity contribution in [2.45, 2.75) is 26.1 Å². The van der Waals surface area contributed by atoms with E-state index in [2.05, 4.69) is 10.4 Å². The summed E-state index contributed by atoms with van der Waals surface area (Å²) < 4.78 is 38.3. The molecule has 1 aromatic carbocycles. The maximum atomic E-state index is 12.4. The summed E-state index contributed by atoms with van der Waals surface area (Å²) in [5, 5.41) is 6.08. The average molecular weight is 311 g/mol. The first kappa shape index (κ1) is 16.1. The van der Waals surface area contributed by atoms with E-state index < -0.39 is 11.9 Å². The summed E-state index contributed by atoms with van der Waals surface area (Å²) in [7, 11) is 0. The van der Waals surface area contributed by atoms with Crippen LogP contribution >= 0.6 is 0 Å². The zero-order valence-corrected chi connectivity index (χ0v) is 12.0. The van der Waals surface area contributed by atoms with Gasteiger partial charge in [0.05, 0.1) is 13.0 Å². The predicted molar refractivity (Wildman–Crippen MR) is 75.1 cm³/mol. The number of benzene rings is 1. The Bertz CT molecular complexity index is 649. The van der Waals surface area contributed by atoms with Crippen molar-refractivity contribution in [3.05, 3.63) is 53.3 Å². The molecule has 2 rings (SSSR count). The summed E-state index contributed by atoms with van der Waals surface area (Å²) in [4.78, 5) is 11.8. The molecule has 7 heteroatoms. The van der Waals surface area contributed by atoms with Gasteiger partial charge in [0.2, 0.25) is 5.91 Å². The van der Waals surface area contributed by atoms with Gasteiger partial charge in [-0.25, -0.2) is 0 Å². The zero-order chi connectivity index (χ0) is 16.2. The SMILES string of the molecule is Cc1cccc(CC(=O)NCCn2ccc(C(F)(F)F)n2)c1. The van der Waals surface area contributed by atoms with Crippen LogP contribution in [0.1, 0.15) is 16.8 Å². The van der Waals surface area contributed by atoms with E-state index in [1.54, 1.807) is 0 Å². The first-order chi connectivity index (χ1) is 10.3. The molecule has 1 amide bonds. The molecule has 0 bridgehead atoms. The van der Waals surface area contributed by atoms with E-state index >= 15 is 0 Å². The lowest BCUT2D eigenvalue weighted by molar-refractivity contribution is -0.141. The Morgan fingerprint density at radius 1 is 1.32 bits per heavy atom. The van der Waals surface area contributed by atoms with Crippen LogP contribution < -0.4 is 5.32 Å². The molecular weight excluding hydrogens is 295 g/mol. The van der Waals surface area contributed by atoms with Crippen LogP contribution in [0.15, 0.2) is 36.5 Å². The molecule has 0 saturated carbocycles. The molecule has 0 unspecified atom stereocenters. The first-order valence-corrected chi connectivity index (χ1v) is 6.77. The molecule has 0 aliphatic carbocycles. The number of hydrogen-bond acceptors (Lipinski definition) is 2. The number of nitrogens with zero attached hydrogens (tertiary/aromatic N) is 2. The second-order valence-corrected chi connectivity index (χ2v) is 4.98. The number of aromatic nitrogens is 2. The number of amides is 1. The Kier molecular flexibility index (Phi) is 4.85. The summed E-state index contributed by atoms with van der Waals surface area (Å²) in [6.45, 7) is 2.36. The lowest BCUT2D eigenvalue weighted by atomic mass is 10.1. The van der Waals surface area contributed by atoms with Gasteiger partial charge in [0, 0.05) is 12.7 Å². The van der Waals surface area contributed by atoms with Crippen LogP contribution in [0.5, 0.6) is 0 Å². The van der Waals surface area contributed by atoms with Crippen molar-refractivity contribution >= 4 is 5.91 Å². The third-order valence-corrected chi connectivity index (χ3v) is 3.04. The minimum absolute atomic E-state index is 0.172. The smallest absolute Gasteiger partial charge is 0.354 e. The first-order valence-electron chi connectivity index (χ1n) is 6.77. The van der Waals surface area contributed by atoms with Crippen LogP contribution in [0.3, 0.4) is 0 Å². The van der Waals surface area contributed by atoms with Gasteiger partial charge in [0.1, 0.15) is 0 Å². The van der Waals surface area contributed by atoms with Gasteiger partial charge in [-0.2, -0.15) is 18.3 Å². The average Bonchev–Trinajstić information content (AvgIpc) is 2.87. The fourth-order valence-corrected chi connectivity index (χ4v) is 2.02. The molecule has 0 spiro atoms. The number of aryl methyl sites for hydroxylation is 1. The molecule has 4 nitrogen and oxygen atoms in total. The third kappa shape index (κ3) is 4.61. The summed E-state index contributed by atoms with van der Waals surface area (Å²) >= 11 is 0. The molecule has 1 aromatic heterocycles. The van der Waals surface area contributed by atoms with Gasteiger partial charge in [-0.05, 0) is 18.6 Å². The number of nitrogens with one attached hydrogen (secondary N) is 1. The predicted octanol–water partition coefficient (Wildman–Crippen LogP) is 2.57. The molecule has 2 aromatic rings. The van der Waals surface area contributed by atoms with Crippen LogP contribution in [-0.2, 0) is 23.9 Å². The Morgan fingerprint density at radius 2 is 2.09 bits per heavy atom. The number of alkyl halides is 3. The molecule has 1 heterocycles. The van der Waals surface area contributed by atoms with Crippen LogP contribution in [0.25, 0.3) is 0 Å². The number of carbonyl (C=O) groups is 1. The summed E-state index contributed by atoms with van der Waals surface area (Å²) in [5.74, 6) is -0.172. The fourth-order valence-electron chi connectivity index (χ4n) is 2.02. The van der Waals surface area contributed by atoms with Gasteiger partial charge in [-0.3, -0.25) is 9.48 Å². The number of rotatable bonds is 5. The Morgan fingerprint density at radius 3 is 2.73 bits per heavy atom. The van der Waals surface area contributed by atoms with Crippen molar-refractivity contribution in [2.75, 3.05) is 6.54 Å². The number of carbonyl (C=O) groups excluding carboxylic acids is 1. The maximum Gasteiger partial charge on any atom is 0.435 e. The molecule has 22 heavy (non-hydrogen) atoms. The van der Waals surface area contributed by atoms with Gasteiger partial charge in [-0.15, -0.1) is 0 Å². The van der Waals surface area contributed by atoms with E-state index in [-0.39, 0.29) is 25.4 Å². The molecular formula is C15H16F3N3O. The second kappa shape index (κ2) is 6.64. The molecule has 0 fully saturated rings. The molecule has 0 atom stereocenters. The van der Waals surface area contributed by atoms with Gasteiger partial charge in [0.15, 0.2) is 5.69 Å². The highest BCUT2D eigenvalue weighted by Gasteiger charge is 2.33. The van der Waals surface area contributed by atoms with E-state index in [0.29, 0.717) is 0 Å². The monoisotopic (exact) mass is 311 g/mol. The minimum atomic E-state index is -4.44. The van der Waals surface area contributed by atoms with E-state index in [4.69, 9.17) is 0 Å². The lowest BCUT2D eigenvalue weighted by Gasteiger charge is -2.06. The van der Waals surface area contributed by atoms with E-state index in [1.165, 1.54) is 6.20 Å². The molecule has 0 aliphatic heterocycles. The highest BCUT2D eigenvalue weighted by atomic mass is 19.4. The van der Waals surface area contributed by atoms with E-state index in [9.17, 15) is 18.0 Å². The fraction of sp³-hybridized carbons (Fsp3) is 0.333. The van der Waals surface area contributed by atoms with Crippen molar-refractivity contribution in [3.8, 4) is 0 Å². The van der Waals surface area contributed by atoms with Gasteiger partial charge >= 0.3 is 6.18 Å². The Balaban J connectivity index is 1.79. The molecule has 118 valence electrons. The Hall–Kier alpha value is -2.31. The quantitative estimate of drug-likeness (QED) is 0.922.